The Hall–Kier alpha value is -1.42. The van der Waals surface area contributed by atoms with Gasteiger partial charge in [-0.3, -0.25) is 15.0 Å². The lowest BCUT2D eigenvalue weighted by Gasteiger charge is -2.33. The molecule has 5 atom stereocenters. The molecule has 1 amide bonds. The fourth-order valence-corrected chi connectivity index (χ4v) is 3.97. The maximum Gasteiger partial charge on any atom is 0.246 e. The van der Waals surface area contributed by atoms with Crippen LogP contribution in [0.4, 0.5) is 0 Å². The molecule has 0 saturated carbocycles. The Kier molecular flexibility index (Phi) is 5.48. The Morgan fingerprint density at radius 2 is 2.28 bits per heavy atom. The summed E-state index contributed by atoms with van der Waals surface area (Å²) >= 11 is 5.95. The standard InChI is InChI=1S/C15H25BClN7O/c1-2-24-9-5-7(16)3-4-8(9)21-10(24)6-20-15(25)11-13(18)23-14(19)12(17)22-11/h3,8-11,13,21-23H,2,4-6,18-19H2,1H3,(H,20,25). The molecular formula is C15H25BClN7O. The van der Waals surface area contributed by atoms with Crippen molar-refractivity contribution in [2.24, 2.45) is 11.5 Å². The number of hydrogen-bond acceptors (Lipinski definition) is 7. The summed E-state index contributed by atoms with van der Waals surface area (Å²) in [6, 6.07) is 0.0460. The van der Waals surface area contributed by atoms with Gasteiger partial charge in [0, 0.05) is 18.6 Å². The van der Waals surface area contributed by atoms with Gasteiger partial charge in [0.15, 0.2) is 0 Å². The molecule has 3 aliphatic rings. The van der Waals surface area contributed by atoms with Gasteiger partial charge in [0.2, 0.25) is 5.91 Å². The van der Waals surface area contributed by atoms with Crippen molar-refractivity contribution in [2.75, 3.05) is 13.1 Å². The number of likely N-dealkylation sites (N-methyl/N-ethyl adjacent to an activating group) is 1. The summed E-state index contributed by atoms with van der Waals surface area (Å²) < 4.78 is 0. The first kappa shape index (κ1) is 18.4. The van der Waals surface area contributed by atoms with E-state index in [2.05, 4.69) is 39.2 Å². The monoisotopic (exact) mass is 365 g/mol. The van der Waals surface area contributed by atoms with Gasteiger partial charge in [-0.05, 0) is 19.4 Å². The third-order valence-corrected chi connectivity index (χ3v) is 5.41. The lowest BCUT2D eigenvalue weighted by Crippen LogP contribution is -2.64. The molecule has 25 heavy (non-hydrogen) atoms. The Bertz CT molecular complexity index is 598. The second-order valence-electron chi connectivity index (χ2n) is 6.67. The van der Waals surface area contributed by atoms with Gasteiger partial charge in [-0.25, -0.2) is 0 Å². The normalized spacial score (nSPS) is 35.5. The summed E-state index contributed by atoms with van der Waals surface area (Å²) in [6.07, 6.45) is 3.27. The number of nitrogens with one attached hydrogen (secondary N) is 4. The number of carbonyl (C=O) groups is 1. The molecule has 3 rings (SSSR count). The summed E-state index contributed by atoms with van der Waals surface area (Å²) in [5.74, 6) is 0.0120. The van der Waals surface area contributed by atoms with Crippen molar-refractivity contribution in [2.45, 2.75) is 50.2 Å². The minimum Gasteiger partial charge on any atom is -0.383 e. The van der Waals surface area contributed by atoms with E-state index in [1.165, 1.54) is 0 Å². The molecule has 0 bridgehead atoms. The van der Waals surface area contributed by atoms with E-state index < -0.39 is 12.2 Å². The largest absolute Gasteiger partial charge is 0.383 e. The van der Waals surface area contributed by atoms with Crippen LogP contribution in [0.2, 0.25) is 0 Å². The number of amides is 1. The molecular weight excluding hydrogens is 340 g/mol. The number of nitrogens with two attached hydrogens (primary N) is 2. The first-order valence-corrected chi connectivity index (χ1v) is 8.96. The number of hydrogen-bond donors (Lipinski definition) is 6. The van der Waals surface area contributed by atoms with Crippen molar-refractivity contribution >= 4 is 25.4 Å². The highest BCUT2D eigenvalue weighted by molar-refractivity contribution is 6.29. The summed E-state index contributed by atoms with van der Waals surface area (Å²) in [6.45, 7) is 3.47. The molecule has 0 aromatic rings. The number of halogens is 1. The van der Waals surface area contributed by atoms with Crippen LogP contribution in [0, 0.1) is 0 Å². The van der Waals surface area contributed by atoms with Gasteiger partial charge in [0.05, 0.1) is 6.17 Å². The lowest BCUT2D eigenvalue weighted by atomic mass is 9.81. The van der Waals surface area contributed by atoms with Crippen molar-refractivity contribution in [3.05, 3.63) is 22.5 Å². The number of carbonyl (C=O) groups excluding carboxylic acids is 1. The molecule has 8 N–H and O–H groups in total. The van der Waals surface area contributed by atoms with E-state index in [1.54, 1.807) is 0 Å². The van der Waals surface area contributed by atoms with E-state index in [-0.39, 0.29) is 23.1 Å². The zero-order chi connectivity index (χ0) is 18.1. The Morgan fingerprint density at radius 3 is 3.00 bits per heavy atom. The average Bonchev–Trinajstić information content (AvgIpc) is 2.92. The van der Waals surface area contributed by atoms with Crippen LogP contribution in [-0.2, 0) is 4.79 Å². The SMILES string of the molecule is [B]C1=CCC2NC(CNC(=O)C3NC(Cl)=C(N)NC3N)N(CC)C2C1. The first-order valence-electron chi connectivity index (χ1n) is 8.58. The highest BCUT2D eigenvalue weighted by Gasteiger charge is 2.41. The topological polar surface area (TPSA) is 120 Å². The molecule has 2 heterocycles. The zero-order valence-corrected chi connectivity index (χ0v) is 15.0. The smallest absolute Gasteiger partial charge is 0.246 e. The predicted molar refractivity (Wildman–Crippen MR) is 98.1 cm³/mol. The van der Waals surface area contributed by atoms with E-state index >= 15 is 0 Å². The molecule has 1 fully saturated rings. The van der Waals surface area contributed by atoms with E-state index in [1.807, 2.05) is 0 Å². The minimum absolute atomic E-state index is 0.0621. The van der Waals surface area contributed by atoms with Crippen molar-refractivity contribution in [1.29, 1.82) is 0 Å². The second-order valence-corrected chi connectivity index (χ2v) is 7.05. The number of nitrogens with zero attached hydrogens (tertiary/aromatic N) is 1. The van der Waals surface area contributed by atoms with Crippen LogP contribution in [0.3, 0.4) is 0 Å². The maximum absolute atomic E-state index is 12.5. The molecule has 10 heteroatoms. The highest BCUT2D eigenvalue weighted by Crippen LogP contribution is 2.28. The van der Waals surface area contributed by atoms with Crippen molar-refractivity contribution < 1.29 is 4.79 Å². The summed E-state index contributed by atoms with van der Waals surface area (Å²) in [7, 11) is 5.99. The molecule has 0 spiro atoms. The fraction of sp³-hybridized carbons (Fsp3) is 0.667. The van der Waals surface area contributed by atoms with Gasteiger partial charge in [0.1, 0.15) is 31.0 Å². The molecule has 0 aromatic heterocycles. The average molecular weight is 366 g/mol. The lowest BCUT2D eigenvalue weighted by molar-refractivity contribution is -0.124. The Balaban J connectivity index is 1.57. The third-order valence-electron chi connectivity index (χ3n) is 5.09. The zero-order valence-electron chi connectivity index (χ0n) is 14.3. The third kappa shape index (κ3) is 3.74. The van der Waals surface area contributed by atoms with Crippen molar-refractivity contribution in [1.82, 2.24) is 26.2 Å². The van der Waals surface area contributed by atoms with Gasteiger partial charge in [0.25, 0.3) is 0 Å². The minimum atomic E-state index is -0.684. The molecule has 1 aliphatic carbocycles. The van der Waals surface area contributed by atoms with Gasteiger partial charge >= 0.3 is 0 Å². The van der Waals surface area contributed by atoms with Crippen LogP contribution in [0.15, 0.2) is 22.5 Å². The second kappa shape index (κ2) is 7.45. The molecule has 136 valence electrons. The van der Waals surface area contributed by atoms with Crippen LogP contribution >= 0.6 is 11.6 Å². The first-order chi connectivity index (χ1) is 11.9. The maximum atomic E-state index is 12.5. The summed E-state index contributed by atoms with van der Waals surface area (Å²) in [4.78, 5) is 14.8. The molecule has 0 aromatic carbocycles. The van der Waals surface area contributed by atoms with E-state index in [0.717, 1.165) is 24.9 Å². The molecule has 2 aliphatic heterocycles. The van der Waals surface area contributed by atoms with Crippen LogP contribution in [0.25, 0.3) is 0 Å². The quantitative estimate of drug-likeness (QED) is 0.254. The highest BCUT2D eigenvalue weighted by atomic mass is 35.5. The van der Waals surface area contributed by atoms with E-state index in [0.29, 0.717) is 18.6 Å². The molecule has 5 unspecified atom stereocenters. The molecule has 2 radical (unpaired) electrons. The number of rotatable bonds is 4. The summed E-state index contributed by atoms with van der Waals surface area (Å²) in [5.41, 5.74) is 12.5. The van der Waals surface area contributed by atoms with Crippen LogP contribution in [-0.4, -0.2) is 62.2 Å². The fourth-order valence-electron chi connectivity index (χ4n) is 3.80. The van der Waals surface area contributed by atoms with Crippen LogP contribution < -0.4 is 32.7 Å². The van der Waals surface area contributed by atoms with Crippen LogP contribution in [0.1, 0.15) is 19.8 Å². The summed E-state index contributed by atoms with van der Waals surface area (Å²) in [5, 5.41) is 12.4. The number of fused-ring (bicyclic) bond motifs is 1. The van der Waals surface area contributed by atoms with Crippen molar-refractivity contribution in [3.63, 3.8) is 0 Å². The van der Waals surface area contributed by atoms with Gasteiger partial charge in [-0.15, -0.1) is 5.47 Å². The molecule has 1 saturated heterocycles. The Morgan fingerprint density at radius 1 is 1.52 bits per heavy atom. The van der Waals surface area contributed by atoms with Gasteiger partial charge < -0.3 is 27.4 Å². The van der Waals surface area contributed by atoms with Gasteiger partial charge in [-0.2, -0.15) is 0 Å². The van der Waals surface area contributed by atoms with E-state index in [9.17, 15) is 4.79 Å². The van der Waals surface area contributed by atoms with E-state index in [4.69, 9.17) is 30.9 Å². The predicted octanol–water partition coefficient (Wildman–Crippen LogP) is -1.89. The van der Waals surface area contributed by atoms with Crippen LogP contribution in [0.5, 0.6) is 0 Å². The van der Waals surface area contributed by atoms with Crippen molar-refractivity contribution in [3.8, 4) is 0 Å². The molecule has 8 nitrogen and oxygen atoms in total. The Labute approximate surface area is 154 Å². The van der Waals surface area contributed by atoms with Gasteiger partial charge in [-0.1, -0.05) is 24.6 Å².